The van der Waals surface area contributed by atoms with Gasteiger partial charge in [0.05, 0.1) is 4.90 Å². The Hall–Kier alpha value is -1.89. The number of hydrogen-bond acceptors (Lipinski definition) is 3. The minimum atomic E-state index is -3.67. The van der Waals surface area contributed by atoms with Crippen LogP contribution in [0.4, 0.5) is 0 Å². The van der Waals surface area contributed by atoms with Crippen molar-refractivity contribution in [3.05, 3.63) is 64.7 Å². The van der Waals surface area contributed by atoms with E-state index >= 15 is 0 Å². The van der Waals surface area contributed by atoms with E-state index in [-0.39, 0.29) is 17.3 Å². The van der Waals surface area contributed by atoms with Gasteiger partial charge in [-0.25, -0.2) is 13.1 Å². The maximum Gasteiger partial charge on any atom is 0.253 e. The van der Waals surface area contributed by atoms with Crippen LogP contribution >= 0.6 is 11.6 Å². The van der Waals surface area contributed by atoms with Crippen LogP contribution in [0.1, 0.15) is 28.8 Å². The van der Waals surface area contributed by atoms with Crippen molar-refractivity contribution in [3.8, 4) is 0 Å². The van der Waals surface area contributed by atoms with E-state index in [1.165, 1.54) is 12.1 Å². The zero-order valence-corrected chi connectivity index (χ0v) is 15.9. The monoisotopic (exact) mass is 392 g/mol. The van der Waals surface area contributed by atoms with Crippen molar-refractivity contribution in [1.29, 1.82) is 0 Å². The van der Waals surface area contributed by atoms with Gasteiger partial charge >= 0.3 is 0 Å². The predicted octanol–water partition coefficient (Wildman–Crippen LogP) is 3.10. The molecule has 1 N–H and O–H groups in total. The van der Waals surface area contributed by atoms with Crippen molar-refractivity contribution >= 4 is 27.5 Å². The van der Waals surface area contributed by atoms with Gasteiger partial charge < -0.3 is 4.90 Å². The number of benzene rings is 2. The van der Waals surface area contributed by atoms with E-state index in [2.05, 4.69) is 4.72 Å². The first-order valence-corrected chi connectivity index (χ1v) is 10.5. The summed E-state index contributed by atoms with van der Waals surface area (Å²) in [5, 5.41) is 0.624. The first-order chi connectivity index (χ1) is 12.5. The van der Waals surface area contributed by atoms with Crippen molar-refractivity contribution in [2.45, 2.75) is 24.2 Å². The molecular weight excluding hydrogens is 372 g/mol. The number of nitrogens with zero attached hydrogens (tertiary/aromatic N) is 1. The third-order valence-electron chi connectivity index (χ3n) is 4.38. The highest BCUT2D eigenvalue weighted by molar-refractivity contribution is 7.89. The summed E-state index contributed by atoms with van der Waals surface area (Å²) >= 11 is 5.94. The quantitative estimate of drug-likeness (QED) is 0.821. The average molecular weight is 393 g/mol. The van der Waals surface area contributed by atoms with Gasteiger partial charge in [-0.1, -0.05) is 29.8 Å². The minimum Gasteiger partial charge on any atom is -0.339 e. The van der Waals surface area contributed by atoms with Gasteiger partial charge in [0.15, 0.2) is 0 Å². The minimum absolute atomic E-state index is 0.105. The number of carbonyl (C=O) groups is 1. The molecule has 1 aliphatic heterocycles. The van der Waals surface area contributed by atoms with Crippen LogP contribution in [-0.4, -0.2) is 38.9 Å². The molecule has 1 amide bonds. The Kier molecular flexibility index (Phi) is 5.96. The van der Waals surface area contributed by atoms with E-state index in [1.807, 2.05) is 18.2 Å². The van der Waals surface area contributed by atoms with Crippen LogP contribution in [0.2, 0.25) is 5.02 Å². The standard InChI is InChI=1S/C19H21ClN2O3S/c20-17-7-3-5-15(13-17)9-10-21-26(24,25)18-8-4-6-16(14-18)19(23)22-11-1-2-12-22/h3-8,13-14,21H,1-2,9-12H2. The Labute approximate surface area is 159 Å². The Morgan fingerprint density at radius 2 is 1.81 bits per heavy atom. The van der Waals surface area contributed by atoms with Gasteiger partial charge in [-0.15, -0.1) is 0 Å². The largest absolute Gasteiger partial charge is 0.339 e. The van der Waals surface area contributed by atoms with Crippen molar-refractivity contribution in [2.24, 2.45) is 0 Å². The molecule has 0 spiro atoms. The van der Waals surface area contributed by atoms with Crippen molar-refractivity contribution in [1.82, 2.24) is 9.62 Å². The molecule has 0 aromatic heterocycles. The smallest absolute Gasteiger partial charge is 0.253 e. The lowest BCUT2D eigenvalue weighted by molar-refractivity contribution is 0.0792. The second-order valence-electron chi connectivity index (χ2n) is 6.30. The number of hydrogen-bond donors (Lipinski definition) is 1. The molecule has 2 aromatic rings. The van der Waals surface area contributed by atoms with Crippen LogP contribution in [0.25, 0.3) is 0 Å². The number of amides is 1. The fraction of sp³-hybridized carbons (Fsp3) is 0.316. The fourth-order valence-corrected chi connectivity index (χ4v) is 4.29. The molecule has 3 rings (SSSR count). The molecule has 1 aliphatic rings. The zero-order valence-electron chi connectivity index (χ0n) is 14.3. The van der Waals surface area contributed by atoms with Crippen molar-refractivity contribution < 1.29 is 13.2 Å². The molecule has 1 saturated heterocycles. The third-order valence-corrected chi connectivity index (χ3v) is 6.07. The third kappa shape index (κ3) is 4.63. The summed E-state index contributed by atoms with van der Waals surface area (Å²) in [6.07, 6.45) is 2.52. The molecule has 1 fully saturated rings. The van der Waals surface area contributed by atoms with Crippen molar-refractivity contribution in [3.63, 3.8) is 0 Å². The highest BCUT2D eigenvalue weighted by Crippen LogP contribution is 2.17. The topological polar surface area (TPSA) is 66.5 Å². The normalized spacial score (nSPS) is 14.6. The van der Waals surface area contributed by atoms with Crippen LogP contribution in [0.15, 0.2) is 53.4 Å². The molecule has 5 nitrogen and oxygen atoms in total. The summed E-state index contributed by atoms with van der Waals surface area (Å²) in [5.74, 6) is -0.113. The molecule has 0 atom stereocenters. The molecule has 0 bridgehead atoms. The Bertz CT molecular complexity index is 893. The van der Waals surface area contributed by atoms with Gasteiger partial charge in [0.2, 0.25) is 10.0 Å². The lowest BCUT2D eigenvalue weighted by Gasteiger charge is -2.15. The average Bonchev–Trinajstić information content (AvgIpc) is 3.16. The lowest BCUT2D eigenvalue weighted by Crippen LogP contribution is -2.29. The maximum absolute atomic E-state index is 12.5. The van der Waals surface area contributed by atoms with Crippen LogP contribution in [0, 0.1) is 0 Å². The van der Waals surface area contributed by atoms with E-state index in [9.17, 15) is 13.2 Å². The molecule has 1 heterocycles. The summed E-state index contributed by atoms with van der Waals surface area (Å²) in [7, 11) is -3.67. The number of carbonyl (C=O) groups excluding carboxylic acids is 1. The molecular formula is C19H21ClN2O3S. The second-order valence-corrected chi connectivity index (χ2v) is 8.51. The van der Waals surface area contributed by atoms with Gasteiger partial charge in [0.1, 0.15) is 0 Å². The first-order valence-electron chi connectivity index (χ1n) is 8.59. The Morgan fingerprint density at radius 3 is 2.54 bits per heavy atom. The Balaban J connectivity index is 1.66. The van der Waals surface area contributed by atoms with Gasteiger partial charge in [-0.05, 0) is 55.2 Å². The summed E-state index contributed by atoms with van der Waals surface area (Å²) in [4.78, 5) is 14.3. The number of likely N-dealkylation sites (tertiary alicyclic amines) is 1. The molecule has 0 radical (unpaired) electrons. The van der Waals surface area contributed by atoms with Crippen molar-refractivity contribution in [2.75, 3.05) is 19.6 Å². The van der Waals surface area contributed by atoms with Gasteiger partial charge in [-0.2, -0.15) is 0 Å². The van der Waals surface area contributed by atoms with Crippen LogP contribution in [-0.2, 0) is 16.4 Å². The molecule has 0 saturated carbocycles. The molecule has 2 aromatic carbocycles. The molecule has 0 aliphatic carbocycles. The highest BCUT2D eigenvalue weighted by Gasteiger charge is 2.21. The number of halogens is 1. The van der Waals surface area contributed by atoms with Gasteiger partial charge in [0, 0.05) is 30.2 Å². The predicted molar refractivity (Wildman–Crippen MR) is 102 cm³/mol. The Morgan fingerprint density at radius 1 is 1.08 bits per heavy atom. The van der Waals surface area contributed by atoms with Crippen LogP contribution in [0.3, 0.4) is 0 Å². The number of rotatable bonds is 6. The highest BCUT2D eigenvalue weighted by atomic mass is 35.5. The van der Waals surface area contributed by atoms with E-state index in [0.717, 1.165) is 31.5 Å². The molecule has 138 valence electrons. The van der Waals surface area contributed by atoms with E-state index in [0.29, 0.717) is 17.0 Å². The summed E-state index contributed by atoms with van der Waals surface area (Å²) in [5.41, 5.74) is 1.36. The molecule has 0 unspecified atom stereocenters. The van der Waals surface area contributed by atoms with E-state index in [4.69, 9.17) is 11.6 Å². The number of nitrogens with one attached hydrogen (secondary N) is 1. The van der Waals surface area contributed by atoms with Crippen LogP contribution < -0.4 is 4.72 Å². The second kappa shape index (κ2) is 8.20. The zero-order chi connectivity index (χ0) is 18.6. The molecule has 26 heavy (non-hydrogen) atoms. The van der Waals surface area contributed by atoms with Gasteiger partial charge in [0.25, 0.3) is 5.91 Å². The number of sulfonamides is 1. The maximum atomic E-state index is 12.5. The SMILES string of the molecule is O=C(c1cccc(S(=O)(=O)NCCc2cccc(Cl)c2)c1)N1CCCC1. The first kappa shape index (κ1) is 18.9. The summed E-state index contributed by atoms with van der Waals surface area (Å²) in [6.45, 7) is 1.72. The van der Waals surface area contributed by atoms with E-state index in [1.54, 1.807) is 23.1 Å². The summed E-state index contributed by atoms with van der Waals surface area (Å²) < 4.78 is 27.6. The summed E-state index contributed by atoms with van der Waals surface area (Å²) in [6, 6.07) is 13.5. The molecule has 7 heteroatoms. The van der Waals surface area contributed by atoms with Crippen LogP contribution in [0.5, 0.6) is 0 Å². The lowest BCUT2D eigenvalue weighted by atomic mass is 10.2. The van der Waals surface area contributed by atoms with E-state index < -0.39 is 10.0 Å². The van der Waals surface area contributed by atoms with Gasteiger partial charge in [-0.3, -0.25) is 4.79 Å². The fourth-order valence-electron chi connectivity index (χ4n) is 3.00.